The number of hydrogen-bond donors (Lipinski definition) is 1. The molecule has 0 fully saturated rings. The molecular formula is C15H25N5O2S. The average Bonchev–Trinajstić information content (AvgIpc) is 2.60. The molecule has 23 heavy (non-hydrogen) atoms. The zero-order valence-electron chi connectivity index (χ0n) is 14.0. The molecule has 1 N–H and O–H groups in total. The van der Waals surface area contributed by atoms with Crippen molar-refractivity contribution >= 4 is 31.1 Å². The van der Waals surface area contributed by atoms with Crippen LogP contribution in [0.5, 0.6) is 0 Å². The fourth-order valence-electron chi connectivity index (χ4n) is 2.02. The molecule has 1 aliphatic rings. The van der Waals surface area contributed by atoms with Gasteiger partial charge in [0.05, 0.1) is 19.4 Å². The van der Waals surface area contributed by atoms with Crippen molar-refractivity contribution in [2.45, 2.75) is 6.42 Å². The van der Waals surface area contributed by atoms with Crippen molar-refractivity contribution in [2.24, 2.45) is 15.0 Å². The summed E-state index contributed by atoms with van der Waals surface area (Å²) in [5, 5.41) is 3.13. The molecule has 0 bridgehead atoms. The zero-order chi connectivity index (χ0) is 17.1. The molecule has 0 unspecified atom stereocenters. The summed E-state index contributed by atoms with van der Waals surface area (Å²) in [5.74, 6) is 1.99. The van der Waals surface area contributed by atoms with Gasteiger partial charge in [-0.1, -0.05) is 0 Å². The fourth-order valence-corrected chi connectivity index (χ4v) is 2.92. The Morgan fingerprint density at radius 1 is 1.43 bits per heavy atom. The zero-order valence-corrected chi connectivity index (χ0v) is 14.9. The lowest BCUT2D eigenvalue weighted by Crippen LogP contribution is -2.30. The highest BCUT2D eigenvalue weighted by Crippen LogP contribution is 2.29. The first-order valence-electron chi connectivity index (χ1n) is 7.17. The second-order valence-corrected chi connectivity index (χ2v) is 5.69. The molecule has 1 heterocycles. The number of ether oxygens (including phenoxy) is 2. The highest BCUT2D eigenvalue weighted by atomic mass is 32.2. The van der Waals surface area contributed by atoms with E-state index in [-0.39, 0.29) is 6.73 Å². The van der Waals surface area contributed by atoms with Gasteiger partial charge in [-0.05, 0) is 20.5 Å². The van der Waals surface area contributed by atoms with Gasteiger partial charge in [0.1, 0.15) is 12.6 Å². The number of methoxy groups -OCH3 is 2. The van der Waals surface area contributed by atoms with Crippen LogP contribution in [0.3, 0.4) is 0 Å². The van der Waals surface area contributed by atoms with Crippen molar-refractivity contribution in [3.05, 3.63) is 22.5 Å². The van der Waals surface area contributed by atoms with Crippen molar-refractivity contribution in [1.29, 1.82) is 0 Å². The number of aliphatic imine (C=N–C) groups is 3. The maximum atomic E-state index is 5.23. The van der Waals surface area contributed by atoms with Crippen LogP contribution in [0.25, 0.3) is 0 Å². The van der Waals surface area contributed by atoms with Gasteiger partial charge in [0, 0.05) is 36.9 Å². The topological polar surface area (TPSA) is 70.8 Å². The molecular weight excluding hydrogens is 314 g/mol. The van der Waals surface area contributed by atoms with Crippen molar-refractivity contribution in [1.82, 2.24) is 10.2 Å². The molecule has 8 heteroatoms. The third kappa shape index (κ3) is 6.17. The van der Waals surface area contributed by atoms with Crippen LogP contribution in [-0.2, 0) is 9.47 Å². The maximum absolute atomic E-state index is 5.23. The number of hydrogen-bond acceptors (Lipinski definition) is 8. The highest BCUT2D eigenvalue weighted by Gasteiger charge is 2.20. The quantitative estimate of drug-likeness (QED) is 0.393. The molecule has 1 aliphatic heterocycles. The van der Waals surface area contributed by atoms with Gasteiger partial charge >= 0.3 is 0 Å². The van der Waals surface area contributed by atoms with Gasteiger partial charge in [-0.25, -0.2) is 9.98 Å². The Bertz CT molecular complexity index is 502. The summed E-state index contributed by atoms with van der Waals surface area (Å²) in [5.41, 5.74) is 1.05. The van der Waals surface area contributed by atoms with Crippen LogP contribution < -0.4 is 5.32 Å². The van der Waals surface area contributed by atoms with Gasteiger partial charge in [-0.3, -0.25) is 4.99 Å². The van der Waals surface area contributed by atoms with Gasteiger partial charge in [-0.2, -0.15) is 0 Å². The fraction of sp³-hybridized carbons (Fsp3) is 0.533. The monoisotopic (exact) mass is 339 g/mol. The summed E-state index contributed by atoms with van der Waals surface area (Å²) in [7, 11) is 5.07. The van der Waals surface area contributed by atoms with E-state index in [4.69, 9.17) is 9.47 Å². The van der Waals surface area contributed by atoms with Crippen LogP contribution in [0.15, 0.2) is 37.5 Å². The van der Waals surface area contributed by atoms with Crippen molar-refractivity contribution in [3.63, 3.8) is 0 Å². The number of thioether (sulfide) groups is 1. The molecule has 0 saturated heterocycles. The van der Waals surface area contributed by atoms with E-state index in [9.17, 15) is 0 Å². The Balaban J connectivity index is 2.93. The summed E-state index contributed by atoms with van der Waals surface area (Å²) in [4.78, 5) is 15.7. The normalized spacial score (nSPS) is 16.6. The molecule has 0 aromatic heterocycles. The first-order chi connectivity index (χ1) is 11.2. The lowest BCUT2D eigenvalue weighted by molar-refractivity contribution is 0.206. The van der Waals surface area contributed by atoms with Crippen LogP contribution in [0.1, 0.15) is 6.42 Å². The van der Waals surface area contributed by atoms with E-state index >= 15 is 0 Å². The smallest absolute Gasteiger partial charge is 0.214 e. The molecule has 7 nitrogen and oxygen atoms in total. The van der Waals surface area contributed by atoms with E-state index in [1.807, 2.05) is 7.05 Å². The minimum absolute atomic E-state index is 0.234. The molecule has 0 aliphatic carbocycles. The van der Waals surface area contributed by atoms with Crippen molar-refractivity contribution in [3.8, 4) is 0 Å². The Labute approximate surface area is 142 Å². The second-order valence-electron chi connectivity index (χ2n) is 4.62. The predicted octanol–water partition coefficient (Wildman–Crippen LogP) is 1.71. The summed E-state index contributed by atoms with van der Waals surface area (Å²) in [6.45, 7) is 9.07. The Kier molecular flexibility index (Phi) is 9.27. The molecule has 0 spiro atoms. The van der Waals surface area contributed by atoms with Gasteiger partial charge in [0.25, 0.3) is 0 Å². The molecule has 0 saturated carbocycles. The summed E-state index contributed by atoms with van der Waals surface area (Å²) in [6.07, 6.45) is 2.58. The van der Waals surface area contributed by atoms with Crippen LogP contribution in [0.4, 0.5) is 0 Å². The first kappa shape index (κ1) is 19.4. The van der Waals surface area contributed by atoms with E-state index in [0.717, 1.165) is 24.5 Å². The largest absolute Gasteiger partial charge is 0.481 e. The Morgan fingerprint density at radius 3 is 2.78 bits per heavy atom. The minimum atomic E-state index is 0.234. The van der Waals surface area contributed by atoms with E-state index in [1.54, 1.807) is 32.1 Å². The minimum Gasteiger partial charge on any atom is -0.481 e. The van der Waals surface area contributed by atoms with E-state index in [1.165, 1.54) is 4.91 Å². The Morgan fingerprint density at radius 2 is 2.22 bits per heavy atom. The second kappa shape index (κ2) is 11.0. The predicted molar refractivity (Wildman–Crippen MR) is 98.2 cm³/mol. The molecule has 128 valence electrons. The van der Waals surface area contributed by atoms with Gasteiger partial charge in [0.15, 0.2) is 0 Å². The standard InChI is InChI=1S/C15H25N5O2S/c1-16-11-23-13-9-20(7-6-12(13)17-2)14(18-3)8-15(22-5)19-10-21-4/h8,16H,2-3,6-7,9-11H2,1,4-5H3/b14-8+,19-15+. The highest BCUT2D eigenvalue weighted by molar-refractivity contribution is 8.03. The van der Waals surface area contributed by atoms with Crippen LogP contribution in [0, 0.1) is 0 Å². The maximum Gasteiger partial charge on any atom is 0.214 e. The van der Waals surface area contributed by atoms with Crippen molar-refractivity contribution in [2.75, 3.05) is 47.0 Å². The summed E-state index contributed by atoms with van der Waals surface area (Å²) < 4.78 is 10.2. The van der Waals surface area contributed by atoms with Crippen LogP contribution in [-0.4, -0.2) is 71.2 Å². The molecule has 0 radical (unpaired) electrons. The molecule has 1 rings (SSSR count). The summed E-state index contributed by atoms with van der Waals surface area (Å²) >= 11 is 1.72. The van der Waals surface area contributed by atoms with Crippen molar-refractivity contribution < 1.29 is 9.47 Å². The molecule has 0 amide bonds. The van der Waals surface area contributed by atoms with Crippen LogP contribution >= 0.6 is 11.8 Å². The van der Waals surface area contributed by atoms with E-state index in [2.05, 4.69) is 38.6 Å². The molecule has 0 aromatic carbocycles. The average molecular weight is 339 g/mol. The summed E-state index contributed by atoms with van der Waals surface area (Å²) in [6, 6.07) is 0. The van der Waals surface area contributed by atoms with Gasteiger partial charge in [0.2, 0.25) is 5.90 Å². The molecule has 0 atom stereocenters. The van der Waals surface area contributed by atoms with E-state index < -0.39 is 0 Å². The lowest BCUT2D eigenvalue weighted by Gasteiger charge is -2.30. The number of nitrogens with zero attached hydrogens (tertiary/aromatic N) is 4. The molecule has 0 aromatic rings. The first-order valence-corrected chi connectivity index (χ1v) is 8.15. The lowest BCUT2D eigenvalue weighted by atomic mass is 10.2. The SMILES string of the molecule is C=NC1=C(SCNC)CN(/C(=C/C(=N\COC)OC)N=C)CC1. The van der Waals surface area contributed by atoms with Crippen LogP contribution in [0.2, 0.25) is 0 Å². The third-order valence-corrected chi connectivity index (χ3v) is 4.30. The third-order valence-electron chi connectivity index (χ3n) is 3.15. The number of rotatable bonds is 9. The Hall–Kier alpha value is -1.64. The van der Waals surface area contributed by atoms with Gasteiger partial charge < -0.3 is 19.7 Å². The van der Waals surface area contributed by atoms with Gasteiger partial charge in [-0.15, -0.1) is 11.8 Å². The number of nitrogens with one attached hydrogen (secondary N) is 1. The van der Waals surface area contributed by atoms with E-state index in [0.29, 0.717) is 18.3 Å².